The highest BCUT2D eigenvalue weighted by atomic mass is 19.4. The molecule has 2 rings (SSSR count). The van der Waals surface area contributed by atoms with E-state index in [1.165, 1.54) is 19.2 Å². The highest BCUT2D eigenvalue weighted by Gasteiger charge is 2.41. The van der Waals surface area contributed by atoms with Crippen LogP contribution in [0.5, 0.6) is 0 Å². The second-order valence-corrected chi connectivity index (χ2v) is 8.57. The van der Waals surface area contributed by atoms with E-state index in [4.69, 9.17) is 0 Å². The topological polar surface area (TPSA) is 90.5 Å². The Morgan fingerprint density at radius 1 is 1.19 bits per heavy atom. The minimum atomic E-state index is -4.43. The van der Waals surface area contributed by atoms with Crippen LogP contribution in [0.25, 0.3) is 0 Å². The van der Waals surface area contributed by atoms with Gasteiger partial charge in [0, 0.05) is 25.2 Å². The van der Waals surface area contributed by atoms with Gasteiger partial charge in [0.2, 0.25) is 5.91 Å². The maximum absolute atomic E-state index is 13.2. The molecule has 7 nitrogen and oxygen atoms in total. The van der Waals surface area contributed by atoms with Gasteiger partial charge in [-0.1, -0.05) is 38.6 Å². The van der Waals surface area contributed by atoms with E-state index in [0.717, 1.165) is 25.0 Å². The molecule has 0 spiro atoms. The molecular formula is C27H39F3N4O3. The number of amides is 3. The van der Waals surface area contributed by atoms with Crippen molar-refractivity contribution in [1.29, 1.82) is 0 Å². The van der Waals surface area contributed by atoms with Gasteiger partial charge in [-0.2, -0.15) is 13.2 Å². The summed E-state index contributed by atoms with van der Waals surface area (Å²) in [4.78, 5) is 39.3. The van der Waals surface area contributed by atoms with E-state index in [2.05, 4.69) is 22.5 Å². The molecule has 3 N–H and O–H groups in total. The number of hydrogen-bond acceptors (Lipinski definition) is 4. The second-order valence-electron chi connectivity index (χ2n) is 8.57. The summed E-state index contributed by atoms with van der Waals surface area (Å²) in [6, 6.07) is 4.16. The summed E-state index contributed by atoms with van der Waals surface area (Å²) < 4.78 is 38.6. The van der Waals surface area contributed by atoms with Crippen molar-refractivity contribution in [2.75, 3.05) is 20.1 Å². The number of rotatable bonds is 12. The van der Waals surface area contributed by atoms with Crippen molar-refractivity contribution in [3.63, 3.8) is 0 Å². The summed E-state index contributed by atoms with van der Waals surface area (Å²) >= 11 is 0. The van der Waals surface area contributed by atoms with E-state index in [9.17, 15) is 27.6 Å². The molecule has 1 fully saturated rings. The number of halogens is 3. The molecule has 0 aliphatic heterocycles. The lowest BCUT2D eigenvalue weighted by Gasteiger charge is -2.36. The Kier molecular flexibility index (Phi) is 12.4. The molecule has 0 radical (unpaired) electrons. The van der Waals surface area contributed by atoms with Crippen LogP contribution in [0.3, 0.4) is 0 Å². The van der Waals surface area contributed by atoms with Gasteiger partial charge in [-0.05, 0) is 62.9 Å². The summed E-state index contributed by atoms with van der Waals surface area (Å²) in [7, 11) is 1.41. The standard InChI is InChI=1S/C25H33F3N4O3.C2H6/c1-5-13-32(6-2)17(3)24(16-33,31-23(35)29-4)15-30-22(34)21(19-9-10-19)14-18-7-11-20(12-8-18)25(26,27)28;1-2/h5,7-8,11-13,16,19,21H,3,6,9-10,14-15H2,1-2,4H3,(H,30,34)(H2,29,31,35);1-2H3/b13-5-;. The number of hydrogen-bond donors (Lipinski definition) is 3. The molecule has 206 valence electrons. The molecule has 0 heterocycles. The SMILES string of the molecule is C=C(N(/C=C\C)CC)C(C=O)(CNC(=O)C(Cc1ccc(C(F)(F)F)cc1)C1CC1)NC(=O)NC.CC. The van der Waals surface area contributed by atoms with Crippen LogP contribution < -0.4 is 16.0 Å². The van der Waals surface area contributed by atoms with E-state index in [0.29, 0.717) is 18.4 Å². The van der Waals surface area contributed by atoms with Crippen molar-refractivity contribution in [3.8, 4) is 0 Å². The van der Waals surface area contributed by atoms with Crippen molar-refractivity contribution in [1.82, 2.24) is 20.9 Å². The van der Waals surface area contributed by atoms with Gasteiger partial charge >= 0.3 is 12.2 Å². The van der Waals surface area contributed by atoms with Crippen LogP contribution in [-0.2, 0) is 22.2 Å². The van der Waals surface area contributed by atoms with Crippen molar-refractivity contribution < 1.29 is 27.6 Å². The lowest BCUT2D eigenvalue weighted by molar-refractivity contribution is -0.137. The monoisotopic (exact) mass is 524 g/mol. The first-order valence-electron chi connectivity index (χ1n) is 12.5. The zero-order valence-corrected chi connectivity index (χ0v) is 22.2. The number of urea groups is 1. The van der Waals surface area contributed by atoms with E-state index in [1.54, 1.807) is 24.1 Å². The van der Waals surface area contributed by atoms with Crippen LogP contribution in [0.15, 0.2) is 48.8 Å². The lowest BCUT2D eigenvalue weighted by atomic mass is 9.92. The number of nitrogens with zero attached hydrogens (tertiary/aromatic N) is 1. The van der Waals surface area contributed by atoms with Crippen LogP contribution in [0, 0.1) is 11.8 Å². The maximum atomic E-state index is 13.2. The molecule has 2 atom stereocenters. The average molecular weight is 525 g/mol. The van der Waals surface area contributed by atoms with Crippen molar-refractivity contribution >= 4 is 18.2 Å². The number of benzene rings is 1. The summed E-state index contributed by atoms with van der Waals surface area (Å²) in [6.07, 6.45) is 1.54. The fourth-order valence-corrected chi connectivity index (χ4v) is 3.86. The van der Waals surface area contributed by atoms with Gasteiger partial charge in [0.05, 0.1) is 12.1 Å². The minimum Gasteiger partial charge on any atom is -0.353 e. The molecule has 2 unspecified atom stereocenters. The quantitative estimate of drug-likeness (QED) is 0.347. The van der Waals surface area contributed by atoms with Gasteiger partial charge in [-0.3, -0.25) is 4.79 Å². The van der Waals surface area contributed by atoms with Crippen molar-refractivity contribution in [2.24, 2.45) is 11.8 Å². The van der Waals surface area contributed by atoms with Crippen LogP contribution in [-0.4, -0.2) is 48.8 Å². The number of alkyl halides is 3. The highest BCUT2D eigenvalue weighted by Crippen LogP contribution is 2.39. The number of carbonyl (C=O) groups excluding carboxylic acids is 3. The van der Waals surface area contributed by atoms with Crippen molar-refractivity contribution in [2.45, 2.75) is 58.7 Å². The van der Waals surface area contributed by atoms with E-state index in [-0.39, 0.29) is 30.5 Å². The molecule has 0 bridgehead atoms. The van der Waals surface area contributed by atoms with Gasteiger partial charge in [0.25, 0.3) is 0 Å². The smallest absolute Gasteiger partial charge is 0.353 e. The molecule has 3 amide bonds. The second kappa shape index (κ2) is 14.4. The molecule has 1 saturated carbocycles. The molecule has 0 aromatic heterocycles. The van der Waals surface area contributed by atoms with Gasteiger partial charge in [-0.25, -0.2) is 4.79 Å². The van der Waals surface area contributed by atoms with Gasteiger partial charge in [-0.15, -0.1) is 0 Å². The maximum Gasteiger partial charge on any atom is 0.416 e. The van der Waals surface area contributed by atoms with Crippen LogP contribution in [0.2, 0.25) is 0 Å². The van der Waals surface area contributed by atoms with Gasteiger partial charge in [0.1, 0.15) is 0 Å². The molecule has 1 aliphatic rings. The van der Waals surface area contributed by atoms with E-state index < -0.39 is 29.2 Å². The predicted octanol–water partition coefficient (Wildman–Crippen LogP) is 4.65. The van der Waals surface area contributed by atoms with Crippen molar-refractivity contribution in [3.05, 3.63) is 59.9 Å². The normalized spacial score (nSPS) is 15.5. The third-order valence-electron chi connectivity index (χ3n) is 6.10. The Balaban J connectivity index is 0.00000334. The first-order valence-corrected chi connectivity index (χ1v) is 12.5. The van der Waals surface area contributed by atoms with Crippen LogP contribution in [0.1, 0.15) is 51.7 Å². The first-order chi connectivity index (χ1) is 17.5. The third-order valence-corrected chi connectivity index (χ3v) is 6.10. The summed E-state index contributed by atoms with van der Waals surface area (Å²) in [5.74, 6) is -0.699. The minimum absolute atomic E-state index is 0.105. The first kappa shape index (κ1) is 31.7. The molecule has 10 heteroatoms. The Morgan fingerprint density at radius 3 is 2.22 bits per heavy atom. The van der Waals surface area contributed by atoms with Crippen LogP contribution in [0.4, 0.5) is 18.0 Å². The average Bonchev–Trinajstić information content (AvgIpc) is 3.74. The fourth-order valence-electron chi connectivity index (χ4n) is 3.86. The Labute approximate surface area is 217 Å². The Hall–Kier alpha value is -3.30. The number of nitrogens with one attached hydrogen (secondary N) is 3. The molecular weight excluding hydrogens is 485 g/mol. The third kappa shape index (κ3) is 8.94. The van der Waals surface area contributed by atoms with Gasteiger partial charge < -0.3 is 25.6 Å². The van der Waals surface area contributed by atoms with E-state index in [1.807, 2.05) is 20.8 Å². The number of carbonyl (C=O) groups is 3. The fraction of sp³-hybridized carbons (Fsp3) is 0.519. The number of allylic oxidation sites excluding steroid dienone is 1. The zero-order chi connectivity index (χ0) is 28.2. The summed E-state index contributed by atoms with van der Waals surface area (Å²) in [6.45, 7) is 11.9. The molecule has 37 heavy (non-hydrogen) atoms. The highest BCUT2D eigenvalue weighted by molar-refractivity contribution is 5.85. The van der Waals surface area contributed by atoms with Gasteiger partial charge in [0.15, 0.2) is 11.8 Å². The number of likely N-dealkylation sites (N-methyl/N-ethyl adjacent to an activating group) is 1. The van der Waals surface area contributed by atoms with E-state index >= 15 is 0 Å². The summed E-state index contributed by atoms with van der Waals surface area (Å²) in [5.41, 5.74) is -1.45. The molecule has 1 aromatic carbocycles. The van der Waals surface area contributed by atoms with Crippen LogP contribution >= 0.6 is 0 Å². The molecule has 0 saturated heterocycles. The summed E-state index contributed by atoms with van der Waals surface area (Å²) in [5, 5.41) is 7.78. The number of aldehydes is 1. The molecule has 1 aliphatic carbocycles. The molecule has 1 aromatic rings. The zero-order valence-electron chi connectivity index (χ0n) is 22.2. The Bertz CT molecular complexity index is 943. The largest absolute Gasteiger partial charge is 0.416 e. The Morgan fingerprint density at radius 2 is 1.78 bits per heavy atom. The lowest BCUT2D eigenvalue weighted by Crippen LogP contribution is -2.62. The predicted molar refractivity (Wildman–Crippen MR) is 138 cm³/mol.